The quantitative estimate of drug-likeness (QED) is 0.928. The predicted octanol–water partition coefficient (Wildman–Crippen LogP) is 3.69. The Morgan fingerprint density at radius 1 is 1.14 bits per heavy atom. The molecule has 0 saturated carbocycles. The average Bonchev–Trinajstić information content (AvgIpc) is 3.00. The minimum atomic E-state index is -3.62. The van der Waals surface area contributed by atoms with Gasteiger partial charge in [0.15, 0.2) is 17.3 Å². The van der Waals surface area contributed by atoms with Crippen LogP contribution in [0.1, 0.15) is 44.4 Å². The molecule has 0 aliphatic carbocycles. The number of fused-ring (bicyclic) bond motifs is 1. The zero-order chi connectivity index (χ0) is 15.9. The molecule has 1 aliphatic rings. The molecule has 3 rings (SSSR count). The first-order chi connectivity index (χ1) is 10.3. The van der Waals surface area contributed by atoms with Crippen molar-refractivity contribution < 1.29 is 22.8 Å². The Kier molecular flexibility index (Phi) is 3.38. The second kappa shape index (κ2) is 5.11. The van der Waals surface area contributed by atoms with Crippen LogP contribution >= 0.6 is 0 Å². The van der Waals surface area contributed by atoms with Crippen molar-refractivity contribution in [2.24, 2.45) is 0 Å². The largest absolute Gasteiger partial charge is 0.586 e. The molecule has 0 amide bonds. The molecule has 0 fully saturated rings. The lowest BCUT2D eigenvalue weighted by atomic mass is 10.2. The Labute approximate surface area is 125 Å². The van der Waals surface area contributed by atoms with Gasteiger partial charge in [-0.25, -0.2) is 0 Å². The molecular formula is C14H15F2N3O3. The topological polar surface area (TPSA) is 69.4 Å². The fourth-order valence-electron chi connectivity index (χ4n) is 2.01. The van der Waals surface area contributed by atoms with Crippen LogP contribution in [0.15, 0.2) is 22.7 Å². The number of ether oxygens (including phenoxy) is 2. The molecule has 0 radical (unpaired) electrons. The molecular weight excluding hydrogens is 296 g/mol. The summed E-state index contributed by atoms with van der Waals surface area (Å²) in [6, 6.07) is 4.19. The fraction of sp³-hybridized carbons (Fsp3) is 0.429. The third kappa shape index (κ3) is 2.81. The van der Waals surface area contributed by atoms with E-state index >= 15 is 0 Å². The van der Waals surface area contributed by atoms with E-state index in [1.165, 1.54) is 12.1 Å². The van der Waals surface area contributed by atoms with E-state index in [0.717, 1.165) is 0 Å². The lowest BCUT2D eigenvalue weighted by Gasteiger charge is -2.11. The highest BCUT2D eigenvalue weighted by molar-refractivity contribution is 5.56. The molecule has 1 N–H and O–H groups in total. The molecule has 1 aliphatic heterocycles. The highest BCUT2D eigenvalue weighted by atomic mass is 19.3. The highest BCUT2D eigenvalue weighted by Crippen LogP contribution is 2.42. The van der Waals surface area contributed by atoms with Gasteiger partial charge in [-0.05, 0) is 19.1 Å². The summed E-state index contributed by atoms with van der Waals surface area (Å²) in [6.07, 6.45) is -3.62. The second-order valence-corrected chi connectivity index (χ2v) is 5.34. The van der Waals surface area contributed by atoms with E-state index < -0.39 is 6.29 Å². The molecule has 1 aromatic heterocycles. The Balaban J connectivity index is 1.73. The van der Waals surface area contributed by atoms with E-state index in [9.17, 15) is 8.78 Å². The van der Waals surface area contributed by atoms with Gasteiger partial charge in [-0.1, -0.05) is 19.0 Å². The van der Waals surface area contributed by atoms with Gasteiger partial charge in [0.2, 0.25) is 5.89 Å². The molecule has 118 valence electrons. The van der Waals surface area contributed by atoms with Crippen molar-refractivity contribution in [3.8, 4) is 11.5 Å². The summed E-state index contributed by atoms with van der Waals surface area (Å²) in [5.74, 6) is 1.19. The Morgan fingerprint density at radius 2 is 1.86 bits per heavy atom. The van der Waals surface area contributed by atoms with Gasteiger partial charge in [-0.3, -0.25) is 0 Å². The summed E-state index contributed by atoms with van der Waals surface area (Å²) in [5.41, 5.74) is 0.580. The van der Waals surface area contributed by atoms with Crippen molar-refractivity contribution >= 4 is 5.69 Å². The van der Waals surface area contributed by atoms with E-state index in [-0.39, 0.29) is 23.5 Å². The van der Waals surface area contributed by atoms with Crippen LogP contribution in [0, 0.1) is 0 Å². The van der Waals surface area contributed by atoms with Crippen molar-refractivity contribution in [3.05, 3.63) is 29.9 Å². The zero-order valence-electron chi connectivity index (χ0n) is 12.3. The van der Waals surface area contributed by atoms with Gasteiger partial charge in [0, 0.05) is 17.7 Å². The Morgan fingerprint density at radius 3 is 2.55 bits per heavy atom. The average molecular weight is 311 g/mol. The standard InChI is InChI=1S/C14H15F2N3O3/c1-7(2)12-18-13(22-19-12)8(3)17-9-4-5-10-11(6-9)21-14(15,16)20-10/h4-8,17H,1-3H3. The molecule has 0 bridgehead atoms. The predicted molar refractivity (Wildman–Crippen MR) is 73.1 cm³/mol. The summed E-state index contributed by atoms with van der Waals surface area (Å²) >= 11 is 0. The maximum atomic E-state index is 13.0. The van der Waals surface area contributed by atoms with Gasteiger partial charge in [0.1, 0.15) is 6.04 Å². The minimum absolute atomic E-state index is 0.00286. The van der Waals surface area contributed by atoms with Gasteiger partial charge in [-0.15, -0.1) is 8.78 Å². The maximum absolute atomic E-state index is 13.0. The number of nitrogens with zero attached hydrogens (tertiary/aromatic N) is 2. The summed E-state index contributed by atoms with van der Waals surface area (Å²) in [6.45, 7) is 5.76. The van der Waals surface area contributed by atoms with Crippen LogP contribution < -0.4 is 14.8 Å². The van der Waals surface area contributed by atoms with E-state index in [0.29, 0.717) is 17.4 Å². The van der Waals surface area contributed by atoms with Crippen LogP contribution in [0.2, 0.25) is 0 Å². The second-order valence-electron chi connectivity index (χ2n) is 5.34. The van der Waals surface area contributed by atoms with Crippen LogP contribution in [0.4, 0.5) is 14.5 Å². The molecule has 1 atom stereocenters. The van der Waals surface area contributed by atoms with Gasteiger partial charge < -0.3 is 19.3 Å². The minimum Gasteiger partial charge on any atom is -0.395 e. The first-order valence-corrected chi connectivity index (χ1v) is 6.84. The number of anilines is 1. The van der Waals surface area contributed by atoms with Gasteiger partial charge in [0.25, 0.3) is 0 Å². The van der Waals surface area contributed by atoms with Crippen LogP contribution in [-0.4, -0.2) is 16.4 Å². The van der Waals surface area contributed by atoms with Crippen molar-refractivity contribution in [1.29, 1.82) is 0 Å². The van der Waals surface area contributed by atoms with Crippen LogP contribution in [0.5, 0.6) is 11.5 Å². The van der Waals surface area contributed by atoms with E-state index in [1.54, 1.807) is 6.07 Å². The third-order valence-electron chi connectivity index (χ3n) is 3.13. The summed E-state index contributed by atoms with van der Waals surface area (Å²) in [4.78, 5) is 4.29. The molecule has 1 unspecified atom stereocenters. The smallest absolute Gasteiger partial charge is 0.395 e. The number of hydrogen-bond acceptors (Lipinski definition) is 6. The summed E-state index contributed by atoms with van der Waals surface area (Å²) in [5, 5.41) is 6.98. The van der Waals surface area contributed by atoms with E-state index in [1.807, 2.05) is 20.8 Å². The molecule has 2 aromatic rings. The number of rotatable bonds is 4. The molecule has 6 nitrogen and oxygen atoms in total. The monoisotopic (exact) mass is 311 g/mol. The molecule has 2 heterocycles. The van der Waals surface area contributed by atoms with Crippen molar-refractivity contribution in [2.45, 2.75) is 39.0 Å². The van der Waals surface area contributed by atoms with Crippen molar-refractivity contribution in [2.75, 3.05) is 5.32 Å². The van der Waals surface area contributed by atoms with E-state index in [4.69, 9.17) is 4.52 Å². The van der Waals surface area contributed by atoms with Gasteiger partial charge >= 0.3 is 6.29 Å². The Bertz CT molecular complexity index is 688. The number of hydrogen-bond donors (Lipinski definition) is 1. The number of alkyl halides is 2. The van der Waals surface area contributed by atoms with E-state index in [2.05, 4.69) is 24.9 Å². The maximum Gasteiger partial charge on any atom is 0.586 e. The number of aromatic nitrogens is 2. The van der Waals surface area contributed by atoms with Crippen LogP contribution in [0.3, 0.4) is 0 Å². The normalized spacial score (nSPS) is 16.8. The molecule has 1 aromatic carbocycles. The molecule has 22 heavy (non-hydrogen) atoms. The first kappa shape index (κ1) is 14.6. The lowest BCUT2D eigenvalue weighted by Crippen LogP contribution is -2.25. The zero-order valence-corrected chi connectivity index (χ0v) is 12.3. The first-order valence-electron chi connectivity index (χ1n) is 6.84. The summed E-state index contributed by atoms with van der Waals surface area (Å²) in [7, 11) is 0. The molecule has 0 saturated heterocycles. The van der Waals surface area contributed by atoms with Crippen molar-refractivity contribution in [1.82, 2.24) is 10.1 Å². The number of benzene rings is 1. The molecule has 0 spiro atoms. The van der Waals surface area contributed by atoms with Crippen LogP contribution in [0.25, 0.3) is 0 Å². The fourth-order valence-corrected chi connectivity index (χ4v) is 2.01. The highest BCUT2D eigenvalue weighted by Gasteiger charge is 2.43. The lowest BCUT2D eigenvalue weighted by molar-refractivity contribution is -0.286. The number of nitrogens with one attached hydrogen (secondary N) is 1. The number of halogens is 2. The molecule has 8 heteroatoms. The van der Waals surface area contributed by atoms with Crippen LogP contribution in [-0.2, 0) is 0 Å². The summed E-state index contributed by atoms with van der Waals surface area (Å²) < 4.78 is 39.9. The SMILES string of the molecule is CC(C)c1noc(C(C)Nc2ccc3c(c2)OC(F)(F)O3)n1. The van der Waals surface area contributed by atoms with Gasteiger partial charge in [-0.2, -0.15) is 4.98 Å². The third-order valence-corrected chi connectivity index (χ3v) is 3.13. The van der Waals surface area contributed by atoms with Gasteiger partial charge in [0.05, 0.1) is 0 Å². The van der Waals surface area contributed by atoms with Crippen molar-refractivity contribution in [3.63, 3.8) is 0 Å². The Hall–Kier alpha value is -2.38.